The predicted octanol–water partition coefficient (Wildman–Crippen LogP) is 3.83. The van der Waals surface area contributed by atoms with Gasteiger partial charge in [0.05, 0.1) is 31.2 Å². The highest BCUT2D eigenvalue weighted by Crippen LogP contribution is 2.35. The first kappa shape index (κ1) is 14.4. The molecule has 0 aliphatic heterocycles. The van der Waals surface area contributed by atoms with E-state index in [2.05, 4.69) is 5.16 Å². The molecule has 1 aromatic carbocycles. The molecular formula is C17H18N2O3. The van der Waals surface area contributed by atoms with Crippen LogP contribution in [0.3, 0.4) is 0 Å². The van der Waals surface area contributed by atoms with Crippen LogP contribution < -0.4 is 9.47 Å². The zero-order valence-electron chi connectivity index (χ0n) is 13.4. The summed E-state index contributed by atoms with van der Waals surface area (Å²) in [5.74, 6) is 2.20. The van der Waals surface area contributed by atoms with E-state index in [1.807, 2.05) is 39.0 Å². The van der Waals surface area contributed by atoms with Crippen molar-refractivity contribution in [3.63, 3.8) is 0 Å². The van der Waals surface area contributed by atoms with E-state index in [1.165, 1.54) is 0 Å². The fourth-order valence-electron chi connectivity index (χ4n) is 2.68. The monoisotopic (exact) mass is 298 g/mol. The van der Waals surface area contributed by atoms with Gasteiger partial charge in [0, 0.05) is 11.5 Å². The van der Waals surface area contributed by atoms with Crippen molar-refractivity contribution in [2.24, 2.45) is 0 Å². The molecule has 5 heteroatoms. The van der Waals surface area contributed by atoms with Gasteiger partial charge in [-0.25, -0.2) is 4.98 Å². The molecule has 0 saturated carbocycles. The van der Waals surface area contributed by atoms with Crippen molar-refractivity contribution in [3.05, 3.63) is 35.2 Å². The van der Waals surface area contributed by atoms with Crippen LogP contribution in [0.15, 0.2) is 22.7 Å². The molecule has 0 unspecified atom stereocenters. The Labute approximate surface area is 128 Å². The maximum atomic E-state index is 5.48. The molecule has 0 aliphatic carbocycles. The third kappa shape index (κ3) is 2.19. The molecule has 0 fully saturated rings. The van der Waals surface area contributed by atoms with Crippen LogP contribution in [-0.2, 0) is 0 Å². The SMILES string of the molecule is COc1cc(OC)c2nc(-c3c(C)noc3C)cc(C)c2c1. The summed E-state index contributed by atoms with van der Waals surface area (Å²) < 4.78 is 16.1. The van der Waals surface area contributed by atoms with Crippen molar-refractivity contribution in [1.29, 1.82) is 0 Å². The first-order chi connectivity index (χ1) is 10.5. The molecule has 2 aromatic heterocycles. The van der Waals surface area contributed by atoms with Gasteiger partial charge in [-0.2, -0.15) is 0 Å². The minimum Gasteiger partial charge on any atom is -0.497 e. The normalized spacial score (nSPS) is 11.0. The van der Waals surface area contributed by atoms with Crippen molar-refractivity contribution < 1.29 is 14.0 Å². The lowest BCUT2D eigenvalue weighted by atomic mass is 10.0. The summed E-state index contributed by atoms with van der Waals surface area (Å²) in [5.41, 5.74) is 4.50. The summed E-state index contributed by atoms with van der Waals surface area (Å²) in [7, 11) is 3.27. The Kier molecular flexibility index (Phi) is 3.48. The third-order valence-corrected chi connectivity index (χ3v) is 3.80. The van der Waals surface area contributed by atoms with E-state index >= 15 is 0 Å². The lowest BCUT2D eigenvalue weighted by Crippen LogP contribution is -1.95. The second kappa shape index (κ2) is 5.33. The Bertz CT molecular complexity index is 833. The second-order valence-corrected chi connectivity index (χ2v) is 5.25. The fourth-order valence-corrected chi connectivity index (χ4v) is 2.68. The molecule has 114 valence electrons. The van der Waals surface area contributed by atoms with Crippen LogP contribution in [0.2, 0.25) is 0 Å². The van der Waals surface area contributed by atoms with Gasteiger partial charge in [0.25, 0.3) is 0 Å². The highest BCUT2D eigenvalue weighted by atomic mass is 16.5. The molecule has 0 radical (unpaired) electrons. The van der Waals surface area contributed by atoms with Gasteiger partial charge in [0.15, 0.2) is 0 Å². The Balaban J connectivity index is 2.33. The lowest BCUT2D eigenvalue weighted by Gasteiger charge is -2.12. The molecule has 2 heterocycles. The highest BCUT2D eigenvalue weighted by molar-refractivity contribution is 5.91. The van der Waals surface area contributed by atoms with E-state index in [0.717, 1.165) is 44.9 Å². The summed E-state index contributed by atoms with van der Waals surface area (Å²) in [5, 5.41) is 5.01. The zero-order chi connectivity index (χ0) is 15.9. The third-order valence-electron chi connectivity index (χ3n) is 3.80. The van der Waals surface area contributed by atoms with Gasteiger partial charge >= 0.3 is 0 Å². The Morgan fingerprint density at radius 1 is 1.00 bits per heavy atom. The van der Waals surface area contributed by atoms with E-state index in [9.17, 15) is 0 Å². The van der Waals surface area contributed by atoms with E-state index in [0.29, 0.717) is 5.75 Å². The molecule has 0 bridgehead atoms. The average molecular weight is 298 g/mol. The predicted molar refractivity (Wildman–Crippen MR) is 84.6 cm³/mol. The molecule has 3 rings (SSSR count). The minimum absolute atomic E-state index is 0.686. The molecule has 3 aromatic rings. The molecule has 0 saturated heterocycles. The number of benzene rings is 1. The number of hydrogen-bond acceptors (Lipinski definition) is 5. The quantitative estimate of drug-likeness (QED) is 0.735. The zero-order valence-corrected chi connectivity index (χ0v) is 13.4. The van der Waals surface area contributed by atoms with Crippen LogP contribution in [0.4, 0.5) is 0 Å². The number of rotatable bonds is 3. The average Bonchev–Trinajstić information content (AvgIpc) is 2.85. The van der Waals surface area contributed by atoms with Gasteiger partial charge in [-0.1, -0.05) is 5.16 Å². The topological polar surface area (TPSA) is 57.4 Å². The Morgan fingerprint density at radius 3 is 2.36 bits per heavy atom. The second-order valence-electron chi connectivity index (χ2n) is 5.25. The van der Waals surface area contributed by atoms with Gasteiger partial charge in [0.2, 0.25) is 0 Å². The lowest BCUT2D eigenvalue weighted by molar-refractivity contribution is 0.393. The number of fused-ring (bicyclic) bond motifs is 1. The van der Waals surface area contributed by atoms with E-state index in [4.69, 9.17) is 19.0 Å². The van der Waals surface area contributed by atoms with Crippen LogP contribution in [0, 0.1) is 20.8 Å². The number of nitrogens with zero attached hydrogens (tertiary/aromatic N) is 2. The van der Waals surface area contributed by atoms with E-state index in [1.54, 1.807) is 14.2 Å². The highest BCUT2D eigenvalue weighted by Gasteiger charge is 2.16. The molecule has 5 nitrogen and oxygen atoms in total. The first-order valence-electron chi connectivity index (χ1n) is 7.01. The van der Waals surface area contributed by atoms with Gasteiger partial charge in [-0.15, -0.1) is 0 Å². The largest absolute Gasteiger partial charge is 0.497 e. The van der Waals surface area contributed by atoms with Crippen LogP contribution in [0.25, 0.3) is 22.2 Å². The number of hydrogen-bond donors (Lipinski definition) is 0. The summed E-state index contributed by atoms with van der Waals surface area (Å²) in [6.45, 7) is 5.85. The van der Waals surface area contributed by atoms with Crippen LogP contribution in [-0.4, -0.2) is 24.4 Å². The molecule has 0 N–H and O–H groups in total. The molecule has 0 aliphatic rings. The number of methoxy groups -OCH3 is 2. The van der Waals surface area contributed by atoms with Gasteiger partial charge in [-0.3, -0.25) is 0 Å². The van der Waals surface area contributed by atoms with Crippen LogP contribution in [0.1, 0.15) is 17.0 Å². The molecule has 0 amide bonds. The smallest absolute Gasteiger partial charge is 0.148 e. The Morgan fingerprint density at radius 2 is 1.77 bits per heavy atom. The van der Waals surface area contributed by atoms with E-state index < -0.39 is 0 Å². The van der Waals surface area contributed by atoms with Crippen molar-refractivity contribution in [3.8, 4) is 22.8 Å². The number of ether oxygens (including phenoxy) is 2. The summed E-state index contributed by atoms with van der Waals surface area (Å²) in [6.07, 6.45) is 0. The van der Waals surface area contributed by atoms with Crippen molar-refractivity contribution in [1.82, 2.24) is 10.1 Å². The summed E-state index contributed by atoms with van der Waals surface area (Å²) in [6, 6.07) is 5.84. The van der Waals surface area contributed by atoms with Crippen molar-refractivity contribution in [2.45, 2.75) is 20.8 Å². The van der Waals surface area contributed by atoms with E-state index in [-0.39, 0.29) is 0 Å². The standard InChI is InChI=1S/C17H18N2O3/c1-9-6-14(16-10(2)19-22-11(16)3)18-17-13(9)7-12(20-4)8-15(17)21-5/h6-8H,1-5H3. The molecular weight excluding hydrogens is 280 g/mol. The fraction of sp³-hybridized carbons (Fsp3) is 0.294. The molecule has 22 heavy (non-hydrogen) atoms. The molecule has 0 spiro atoms. The summed E-state index contributed by atoms with van der Waals surface area (Å²) in [4.78, 5) is 4.77. The van der Waals surface area contributed by atoms with Crippen LogP contribution >= 0.6 is 0 Å². The Hall–Kier alpha value is -2.56. The van der Waals surface area contributed by atoms with Gasteiger partial charge in [0.1, 0.15) is 22.8 Å². The number of aryl methyl sites for hydroxylation is 3. The summed E-state index contributed by atoms with van der Waals surface area (Å²) >= 11 is 0. The number of aromatic nitrogens is 2. The van der Waals surface area contributed by atoms with Gasteiger partial charge < -0.3 is 14.0 Å². The van der Waals surface area contributed by atoms with Crippen LogP contribution in [0.5, 0.6) is 11.5 Å². The number of pyridine rings is 1. The minimum atomic E-state index is 0.686. The molecule has 0 atom stereocenters. The first-order valence-corrected chi connectivity index (χ1v) is 7.01. The van der Waals surface area contributed by atoms with Gasteiger partial charge in [-0.05, 0) is 38.5 Å². The maximum absolute atomic E-state index is 5.48. The van der Waals surface area contributed by atoms with Crippen molar-refractivity contribution >= 4 is 10.9 Å². The van der Waals surface area contributed by atoms with Crippen molar-refractivity contribution in [2.75, 3.05) is 14.2 Å². The maximum Gasteiger partial charge on any atom is 0.148 e.